The molecule has 4 nitrogen and oxygen atoms in total. The third-order valence-electron chi connectivity index (χ3n) is 2.19. The molecule has 2 rings (SSSR count). The summed E-state index contributed by atoms with van der Waals surface area (Å²) in [5.41, 5.74) is 2.47. The summed E-state index contributed by atoms with van der Waals surface area (Å²) >= 11 is 1.66. The van der Waals surface area contributed by atoms with E-state index < -0.39 is 0 Å². The Labute approximate surface area is 98.9 Å². The number of benzene rings is 1. The molecule has 0 spiro atoms. The van der Waals surface area contributed by atoms with E-state index in [1.807, 2.05) is 12.1 Å². The van der Waals surface area contributed by atoms with Gasteiger partial charge in [-0.2, -0.15) is 5.10 Å². The minimum Gasteiger partial charge on any atom is -0.384 e. The van der Waals surface area contributed by atoms with Crippen molar-refractivity contribution < 1.29 is 0 Å². The Morgan fingerprint density at radius 1 is 1.38 bits per heavy atom. The Balaban J connectivity index is 1.74. The molecule has 0 atom stereocenters. The third-order valence-corrected chi connectivity index (χ3v) is 3.07. The molecule has 0 fully saturated rings. The van der Waals surface area contributed by atoms with Crippen LogP contribution in [0.15, 0.2) is 35.7 Å². The lowest BCUT2D eigenvalue weighted by atomic mass is 10.2. The number of aryl methyl sites for hydroxylation is 1. The smallest absolute Gasteiger partial charge is 0.183 e. The highest BCUT2D eigenvalue weighted by Gasteiger charge is 1.97. The van der Waals surface area contributed by atoms with Crippen molar-refractivity contribution in [1.82, 2.24) is 15.2 Å². The van der Waals surface area contributed by atoms with Crippen molar-refractivity contribution in [1.29, 1.82) is 0 Å². The molecule has 16 heavy (non-hydrogen) atoms. The molecule has 0 aliphatic rings. The molecule has 2 aromatic rings. The minimum atomic E-state index is 0.867. The third kappa shape index (κ3) is 3.00. The number of hydrogen-bond donors (Lipinski definition) is 2. The van der Waals surface area contributed by atoms with Crippen molar-refractivity contribution in [2.45, 2.75) is 12.1 Å². The largest absolute Gasteiger partial charge is 0.384 e. The predicted octanol–water partition coefficient (Wildman–Crippen LogP) is 2.32. The lowest BCUT2D eigenvalue weighted by Crippen LogP contribution is -2.05. The van der Waals surface area contributed by atoms with Gasteiger partial charge in [-0.05, 0) is 18.6 Å². The van der Waals surface area contributed by atoms with E-state index in [-0.39, 0.29) is 0 Å². The van der Waals surface area contributed by atoms with Crippen molar-refractivity contribution >= 4 is 17.4 Å². The van der Waals surface area contributed by atoms with E-state index >= 15 is 0 Å². The molecule has 1 heterocycles. The summed E-state index contributed by atoms with van der Waals surface area (Å²) in [6.45, 7) is 3.02. The number of aromatic amines is 1. The Bertz CT molecular complexity index is 427. The van der Waals surface area contributed by atoms with Crippen molar-refractivity contribution in [2.24, 2.45) is 0 Å². The van der Waals surface area contributed by atoms with Gasteiger partial charge in [0.1, 0.15) is 6.33 Å². The number of anilines is 1. The molecule has 1 aromatic carbocycles. The van der Waals surface area contributed by atoms with Gasteiger partial charge in [0, 0.05) is 18.0 Å². The van der Waals surface area contributed by atoms with Gasteiger partial charge in [-0.3, -0.25) is 5.10 Å². The molecule has 0 aliphatic heterocycles. The van der Waals surface area contributed by atoms with Crippen LogP contribution in [-0.2, 0) is 0 Å². The van der Waals surface area contributed by atoms with Crippen molar-refractivity contribution in [3.63, 3.8) is 0 Å². The van der Waals surface area contributed by atoms with E-state index in [4.69, 9.17) is 0 Å². The summed E-state index contributed by atoms with van der Waals surface area (Å²) in [7, 11) is 0. The predicted molar refractivity (Wildman–Crippen MR) is 66.8 cm³/mol. The minimum absolute atomic E-state index is 0.867. The first-order chi connectivity index (χ1) is 7.86. The van der Waals surface area contributed by atoms with Crippen molar-refractivity contribution in [3.8, 4) is 0 Å². The number of nitrogens with one attached hydrogen (secondary N) is 2. The highest BCUT2D eigenvalue weighted by molar-refractivity contribution is 7.99. The number of para-hydroxylation sites is 1. The Kier molecular flexibility index (Phi) is 3.82. The second kappa shape index (κ2) is 5.55. The lowest BCUT2D eigenvalue weighted by Gasteiger charge is -2.07. The monoisotopic (exact) mass is 234 g/mol. The fourth-order valence-electron chi connectivity index (χ4n) is 1.37. The van der Waals surface area contributed by atoms with Gasteiger partial charge in [-0.1, -0.05) is 30.0 Å². The highest BCUT2D eigenvalue weighted by atomic mass is 32.2. The van der Waals surface area contributed by atoms with E-state index in [0.717, 1.165) is 17.5 Å². The maximum absolute atomic E-state index is 4.05. The summed E-state index contributed by atoms with van der Waals surface area (Å²) in [4.78, 5) is 4.05. The molecule has 0 amide bonds. The van der Waals surface area contributed by atoms with Crippen LogP contribution in [0.3, 0.4) is 0 Å². The number of H-pyrrole nitrogens is 1. The fourth-order valence-corrected chi connectivity index (χ4v) is 2.00. The second-order valence-corrected chi connectivity index (χ2v) is 4.46. The van der Waals surface area contributed by atoms with Crippen LogP contribution < -0.4 is 5.32 Å². The summed E-state index contributed by atoms with van der Waals surface area (Å²) in [6, 6.07) is 8.28. The first-order valence-electron chi connectivity index (χ1n) is 5.14. The number of hydrogen-bond acceptors (Lipinski definition) is 4. The van der Waals surface area contributed by atoms with Crippen LogP contribution in [-0.4, -0.2) is 27.5 Å². The molecule has 0 saturated carbocycles. The molecule has 1 aromatic heterocycles. The van der Waals surface area contributed by atoms with E-state index in [0.29, 0.717) is 0 Å². The van der Waals surface area contributed by atoms with Crippen molar-refractivity contribution in [2.75, 3.05) is 17.6 Å². The van der Waals surface area contributed by atoms with E-state index in [1.165, 1.54) is 17.6 Å². The first-order valence-corrected chi connectivity index (χ1v) is 6.12. The van der Waals surface area contributed by atoms with E-state index in [2.05, 4.69) is 39.6 Å². The zero-order chi connectivity index (χ0) is 11.2. The highest BCUT2D eigenvalue weighted by Crippen LogP contribution is 2.14. The Morgan fingerprint density at radius 3 is 3.00 bits per heavy atom. The summed E-state index contributed by atoms with van der Waals surface area (Å²) in [6.07, 6.45) is 1.52. The maximum Gasteiger partial charge on any atom is 0.183 e. The van der Waals surface area contributed by atoms with Crippen LogP contribution >= 0.6 is 11.8 Å². The summed E-state index contributed by atoms with van der Waals surface area (Å²) in [5, 5.41) is 10.9. The molecule has 5 heteroatoms. The van der Waals surface area contributed by atoms with Crippen LogP contribution in [0, 0.1) is 6.92 Å². The fraction of sp³-hybridized carbons (Fsp3) is 0.273. The quantitative estimate of drug-likeness (QED) is 0.616. The number of thioether (sulfide) groups is 1. The molecular formula is C11H14N4S. The van der Waals surface area contributed by atoms with Gasteiger partial charge in [0.25, 0.3) is 0 Å². The first kappa shape index (κ1) is 11.0. The van der Waals surface area contributed by atoms with Gasteiger partial charge in [0.15, 0.2) is 5.16 Å². The standard InChI is InChI=1S/C11H14N4S/c1-9-4-2-3-5-10(9)12-6-7-16-11-13-8-14-15-11/h2-5,8,12H,6-7H2,1H3,(H,13,14,15). The SMILES string of the molecule is Cc1ccccc1NCCSc1ncn[nH]1. The van der Waals surface area contributed by atoms with Crippen LogP contribution in [0.2, 0.25) is 0 Å². The lowest BCUT2D eigenvalue weighted by molar-refractivity contribution is 0.972. The van der Waals surface area contributed by atoms with Crippen LogP contribution in [0.25, 0.3) is 0 Å². The molecule has 84 valence electrons. The average molecular weight is 234 g/mol. The van der Waals surface area contributed by atoms with Gasteiger partial charge < -0.3 is 5.32 Å². The molecule has 0 unspecified atom stereocenters. The summed E-state index contributed by atoms with van der Waals surface area (Å²) in [5.74, 6) is 0.962. The number of nitrogens with zero attached hydrogens (tertiary/aromatic N) is 2. The maximum atomic E-state index is 4.05. The van der Waals surface area contributed by atoms with Crippen molar-refractivity contribution in [3.05, 3.63) is 36.2 Å². The molecule has 0 bridgehead atoms. The van der Waals surface area contributed by atoms with Crippen LogP contribution in [0.4, 0.5) is 5.69 Å². The summed E-state index contributed by atoms with van der Waals surface area (Å²) < 4.78 is 0. The van der Waals surface area contributed by atoms with Crippen LogP contribution in [0.1, 0.15) is 5.56 Å². The average Bonchev–Trinajstić information content (AvgIpc) is 2.79. The molecule has 2 N–H and O–H groups in total. The molecule has 0 saturated heterocycles. The molecular weight excluding hydrogens is 220 g/mol. The molecule has 0 radical (unpaired) electrons. The Hall–Kier alpha value is -1.49. The Morgan fingerprint density at radius 2 is 2.25 bits per heavy atom. The van der Waals surface area contributed by atoms with E-state index in [9.17, 15) is 0 Å². The normalized spacial score (nSPS) is 10.3. The van der Waals surface area contributed by atoms with Gasteiger partial charge >= 0.3 is 0 Å². The zero-order valence-electron chi connectivity index (χ0n) is 9.10. The van der Waals surface area contributed by atoms with Gasteiger partial charge in [0.2, 0.25) is 0 Å². The zero-order valence-corrected chi connectivity index (χ0v) is 9.92. The second-order valence-electron chi connectivity index (χ2n) is 3.38. The van der Waals surface area contributed by atoms with Gasteiger partial charge in [-0.15, -0.1) is 0 Å². The molecule has 0 aliphatic carbocycles. The van der Waals surface area contributed by atoms with Gasteiger partial charge in [0.05, 0.1) is 0 Å². The number of aromatic nitrogens is 3. The number of rotatable bonds is 5. The topological polar surface area (TPSA) is 53.6 Å². The van der Waals surface area contributed by atoms with Crippen LogP contribution in [0.5, 0.6) is 0 Å². The van der Waals surface area contributed by atoms with E-state index in [1.54, 1.807) is 11.8 Å². The van der Waals surface area contributed by atoms with Gasteiger partial charge in [-0.25, -0.2) is 4.98 Å².